The van der Waals surface area contributed by atoms with Crippen LogP contribution in [0.5, 0.6) is 0 Å². The van der Waals surface area contributed by atoms with Crippen molar-refractivity contribution in [1.82, 2.24) is 9.97 Å². The Morgan fingerprint density at radius 1 is 1.76 bits per heavy atom. The van der Waals surface area contributed by atoms with Crippen LogP contribution in [0.2, 0.25) is 0 Å². The van der Waals surface area contributed by atoms with Gasteiger partial charge in [-0.3, -0.25) is 9.59 Å². The van der Waals surface area contributed by atoms with Gasteiger partial charge in [0.1, 0.15) is 6.04 Å². The Labute approximate surface area is 122 Å². The number of hydrogen-bond acceptors (Lipinski definition) is 5. The van der Waals surface area contributed by atoms with Crippen molar-refractivity contribution in [3.8, 4) is 0 Å². The zero-order valence-corrected chi connectivity index (χ0v) is 11.6. The molecule has 0 radical (unpaired) electrons. The van der Waals surface area contributed by atoms with Crippen LogP contribution in [-0.2, 0) is 16.0 Å². The van der Waals surface area contributed by atoms with Gasteiger partial charge < -0.3 is 23.0 Å². The van der Waals surface area contributed by atoms with E-state index in [1.165, 1.54) is 6.33 Å². The fraction of sp³-hybridized carbons (Fsp3) is 0.444. The molecule has 1 saturated carbocycles. The van der Waals surface area contributed by atoms with Gasteiger partial charge in [-0.1, -0.05) is 0 Å². The third-order valence-electron chi connectivity index (χ3n) is 1.99. The Hall–Kier alpha value is -0.730. The third-order valence-corrected chi connectivity index (χ3v) is 1.99. The van der Waals surface area contributed by atoms with Crippen molar-refractivity contribution in [2.24, 2.45) is 11.5 Å². The summed E-state index contributed by atoms with van der Waals surface area (Å²) in [5.74, 6) is -0.801. The third kappa shape index (κ3) is 6.54. The average molecular weight is 250 g/mol. The Balaban J connectivity index is 0. The minimum absolute atomic E-state index is 0. The van der Waals surface area contributed by atoms with Crippen LogP contribution in [0.15, 0.2) is 12.5 Å². The molecule has 0 bridgehead atoms. The number of nitrogens with one attached hydrogen (secondary N) is 1. The normalized spacial score (nSPS) is 18.5. The van der Waals surface area contributed by atoms with Crippen molar-refractivity contribution in [3.63, 3.8) is 0 Å². The van der Waals surface area contributed by atoms with Gasteiger partial charge in [-0.05, 0) is 0 Å². The zero-order chi connectivity index (χ0) is 12.1. The van der Waals surface area contributed by atoms with Crippen molar-refractivity contribution in [2.45, 2.75) is 24.9 Å². The van der Waals surface area contributed by atoms with Gasteiger partial charge in [0.05, 0.1) is 12.4 Å². The van der Waals surface area contributed by atoms with Crippen LogP contribution >= 0.6 is 0 Å². The van der Waals surface area contributed by atoms with E-state index in [-0.39, 0.29) is 49.2 Å². The topological polar surface area (TPSA) is 135 Å². The summed E-state index contributed by atoms with van der Waals surface area (Å²) in [6.07, 6.45) is 3.95. The molecule has 1 aliphatic rings. The minimum Gasteiger partial charge on any atom is -1.00 e. The number of carboxylic acids is 1. The number of aromatic nitrogens is 2. The van der Waals surface area contributed by atoms with E-state index in [2.05, 4.69) is 9.97 Å². The first-order chi connectivity index (χ1) is 7.50. The first-order valence-corrected chi connectivity index (χ1v) is 4.74. The van der Waals surface area contributed by atoms with Crippen LogP contribution in [0.3, 0.4) is 0 Å². The van der Waals surface area contributed by atoms with E-state index in [1.54, 1.807) is 6.20 Å². The smallest absolute Gasteiger partial charge is 1.00 e. The Kier molecular flexibility index (Phi) is 7.24. The number of carbonyl (C=O) groups excluding carboxylic acids is 1. The zero-order valence-electron chi connectivity index (χ0n) is 10.6. The summed E-state index contributed by atoms with van der Waals surface area (Å²) in [5, 5.41) is 8.42. The molecular weight excluding hydrogens is 235 g/mol. The Morgan fingerprint density at radius 2 is 2.29 bits per heavy atom. The Morgan fingerprint density at radius 3 is 2.59 bits per heavy atom. The van der Waals surface area contributed by atoms with E-state index in [4.69, 9.17) is 16.6 Å². The van der Waals surface area contributed by atoms with Crippen molar-refractivity contribution in [3.05, 3.63) is 18.2 Å². The van der Waals surface area contributed by atoms with Gasteiger partial charge in [-0.2, -0.15) is 0 Å². The van der Waals surface area contributed by atoms with Gasteiger partial charge in [-0.15, -0.1) is 0 Å². The van der Waals surface area contributed by atoms with Gasteiger partial charge >= 0.3 is 35.5 Å². The number of imidazole rings is 1. The maximum atomic E-state index is 10.3. The van der Waals surface area contributed by atoms with Crippen LogP contribution in [0.1, 0.15) is 13.5 Å². The number of carbonyl (C=O) groups is 2. The summed E-state index contributed by atoms with van der Waals surface area (Å²) in [5.41, 5.74) is 11.0. The van der Waals surface area contributed by atoms with Crippen LogP contribution in [0.4, 0.5) is 0 Å². The fourth-order valence-corrected chi connectivity index (χ4v) is 0.878. The van der Waals surface area contributed by atoms with Gasteiger partial charge in [-0.25, -0.2) is 4.98 Å². The number of aromatic amines is 1. The number of carboxylic acid groups (broad SMARTS) is 1. The van der Waals surface area contributed by atoms with E-state index in [9.17, 15) is 9.59 Å². The van der Waals surface area contributed by atoms with Crippen LogP contribution in [-0.4, -0.2) is 38.9 Å². The molecule has 0 spiro atoms. The summed E-state index contributed by atoms with van der Waals surface area (Å²) in [4.78, 5) is 26.5. The summed E-state index contributed by atoms with van der Waals surface area (Å²) >= 11 is 0. The molecule has 6 N–H and O–H groups in total. The van der Waals surface area contributed by atoms with Crippen molar-refractivity contribution >= 4 is 11.8 Å². The van der Waals surface area contributed by atoms with Crippen molar-refractivity contribution in [2.75, 3.05) is 0 Å². The Bertz CT molecular complexity index is 374. The first kappa shape index (κ1) is 16.3. The molecule has 0 aliphatic heterocycles. The minimum atomic E-state index is -1.00. The molecule has 7 nitrogen and oxygen atoms in total. The van der Waals surface area contributed by atoms with Crippen molar-refractivity contribution < 1.29 is 45.7 Å². The summed E-state index contributed by atoms with van der Waals surface area (Å²) in [6.45, 7) is 0. The molecule has 17 heavy (non-hydrogen) atoms. The maximum Gasteiger partial charge on any atom is 1.00 e. The van der Waals surface area contributed by atoms with Crippen LogP contribution < -0.4 is 41.0 Å². The summed E-state index contributed by atoms with van der Waals surface area (Å²) in [6, 6.07) is -0.939. The second-order valence-electron chi connectivity index (χ2n) is 3.50. The predicted molar refractivity (Wildman–Crippen MR) is 56.6 cm³/mol. The monoisotopic (exact) mass is 250 g/mol. The molecule has 0 aromatic carbocycles. The molecule has 1 aliphatic carbocycles. The fourth-order valence-electron chi connectivity index (χ4n) is 0.878. The van der Waals surface area contributed by atoms with E-state index >= 15 is 0 Å². The summed E-state index contributed by atoms with van der Waals surface area (Å²) < 4.78 is 0. The van der Waals surface area contributed by atoms with Crippen molar-refractivity contribution in [1.29, 1.82) is 0 Å². The van der Waals surface area contributed by atoms with Gasteiger partial charge in [0.25, 0.3) is 0 Å². The number of hydrogen-bond donors (Lipinski definition) is 4. The molecule has 2 rings (SSSR count). The van der Waals surface area contributed by atoms with E-state index in [1.807, 2.05) is 0 Å². The number of nitrogens with zero attached hydrogens (tertiary/aromatic N) is 1. The number of nitrogens with two attached hydrogens (primary N) is 2. The van der Waals surface area contributed by atoms with Gasteiger partial charge in [0, 0.05) is 24.7 Å². The summed E-state index contributed by atoms with van der Waals surface area (Å²) in [7, 11) is 0. The quantitative estimate of drug-likeness (QED) is 0.401. The molecule has 1 heterocycles. The molecule has 1 unspecified atom stereocenters. The number of H-pyrrole nitrogens is 1. The van der Waals surface area contributed by atoms with E-state index in [0.717, 1.165) is 5.69 Å². The largest absolute Gasteiger partial charge is 1.00 e. The second-order valence-corrected chi connectivity index (χ2v) is 3.50. The number of aliphatic carboxylic acids is 1. The molecule has 8 heteroatoms. The average Bonchev–Trinajstić information content (AvgIpc) is 2.71. The number of ketones is 1. The standard InChI is InChI=1S/C6H9N3O2.C3H5NO.Na.H/c7-5(6(10)11)1-4-2-8-3-9-4;4-2-1-3(2)5;;/h2-3,5H,1,7H2,(H,8,9)(H,10,11);2H,1,4H2;;/q;;+1;-1/t5-;;;/m0.../s1. The predicted octanol–water partition coefficient (Wildman–Crippen LogP) is -4.23. The second kappa shape index (κ2) is 7.57. The van der Waals surface area contributed by atoms with Crippen LogP contribution in [0.25, 0.3) is 0 Å². The molecule has 0 saturated heterocycles. The van der Waals surface area contributed by atoms with E-state index < -0.39 is 12.0 Å². The van der Waals surface area contributed by atoms with Gasteiger partial charge in [0.2, 0.25) is 0 Å². The van der Waals surface area contributed by atoms with Crippen LogP contribution in [0, 0.1) is 0 Å². The van der Waals surface area contributed by atoms with Gasteiger partial charge in [0.15, 0.2) is 5.78 Å². The molecular formula is C9H15N4NaO3. The number of rotatable bonds is 3. The first-order valence-electron chi connectivity index (χ1n) is 4.74. The molecule has 1 aromatic rings. The molecule has 2 atom stereocenters. The molecule has 0 amide bonds. The maximum absolute atomic E-state index is 10.3. The molecule has 90 valence electrons. The molecule has 1 fully saturated rings. The van der Waals surface area contributed by atoms with E-state index in [0.29, 0.717) is 6.42 Å². The number of Topliss-reactive ketones (excluding diaryl/α,β-unsaturated/α-hetero) is 1. The SMILES string of the molecule is NC1CC1=O.N[C@@H](Cc1cnc[nH]1)C(=O)O.[H-].[Na+]. The molecule has 1 aromatic heterocycles.